The van der Waals surface area contributed by atoms with Gasteiger partial charge < -0.3 is 0 Å². The first-order chi connectivity index (χ1) is 5.85. The third-order valence-corrected chi connectivity index (χ3v) is 8.27. The summed E-state index contributed by atoms with van der Waals surface area (Å²) in [6.45, 7) is 7.63. The van der Waals surface area contributed by atoms with Crippen LogP contribution in [0.15, 0.2) is 0 Å². The van der Waals surface area contributed by atoms with Gasteiger partial charge in [-0.3, -0.25) is 0 Å². The van der Waals surface area contributed by atoms with Crippen LogP contribution in [0.25, 0.3) is 0 Å². The Labute approximate surface area is 85.4 Å². The molecular formula is C10H23OSb. The van der Waals surface area contributed by atoms with E-state index in [0.717, 1.165) is 6.61 Å². The van der Waals surface area contributed by atoms with Crippen molar-refractivity contribution in [3.05, 3.63) is 0 Å². The Balaban J connectivity index is 3.40. The average Bonchev–Trinajstić information content (AvgIpc) is 2.10. The van der Waals surface area contributed by atoms with Crippen molar-refractivity contribution in [2.75, 3.05) is 6.61 Å². The Hall–Kier alpha value is 0.778. The summed E-state index contributed by atoms with van der Waals surface area (Å²) < 4.78 is 8.70. The monoisotopic (exact) mass is 280 g/mol. The van der Waals surface area contributed by atoms with Crippen LogP contribution in [-0.2, 0) is 3.02 Å². The zero-order valence-electron chi connectivity index (χ0n) is 8.81. The molecule has 0 spiro atoms. The molecule has 0 bridgehead atoms. The van der Waals surface area contributed by atoms with E-state index in [0.29, 0.717) is 0 Å². The predicted molar refractivity (Wildman–Crippen MR) is 56.8 cm³/mol. The number of hydrogen-bond acceptors (Lipinski definition) is 1. The van der Waals surface area contributed by atoms with Crippen molar-refractivity contribution in [2.24, 2.45) is 0 Å². The van der Waals surface area contributed by atoms with Gasteiger partial charge in [-0.25, -0.2) is 0 Å². The Kier molecular flexibility index (Phi) is 10.5. The van der Waals surface area contributed by atoms with E-state index >= 15 is 0 Å². The van der Waals surface area contributed by atoms with Gasteiger partial charge >= 0.3 is 85.4 Å². The summed E-state index contributed by atoms with van der Waals surface area (Å²) in [7, 11) is 0. The summed E-state index contributed by atoms with van der Waals surface area (Å²) >= 11 is -1.19. The molecule has 0 rings (SSSR count). The third-order valence-electron chi connectivity index (χ3n) is 1.83. The molecule has 0 aliphatic rings. The van der Waals surface area contributed by atoms with Gasteiger partial charge in [-0.05, 0) is 0 Å². The van der Waals surface area contributed by atoms with Crippen LogP contribution in [0.3, 0.4) is 0 Å². The standard InChI is InChI=1S/2C4H9.C2H5O.Sb/c2*1-3-4-2;1-2-3;/h2*1,3-4H2,2H3;2H2,1H3;/q;;-1;+1. The summed E-state index contributed by atoms with van der Waals surface area (Å²) in [5.74, 6) is 0. The third kappa shape index (κ3) is 7.43. The fourth-order valence-electron chi connectivity index (χ4n) is 1.09. The van der Waals surface area contributed by atoms with Crippen LogP contribution in [0.4, 0.5) is 0 Å². The van der Waals surface area contributed by atoms with Crippen LogP contribution in [0.1, 0.15) is 46.5 Å². The summed E-state index contributed by atoms with van der Waals surface area (Å²) in [5, 5.41) is 0. The van der Waals surface area contributed by atoms with Crippen LogP contribution in [0, 0.1) is 0 Å². The first-order valence-electron chi connectivity index (χ1n) is 5.23. The molecule has 0 unspecified atom stereocenters. The van der Waals surface area contributed by atoms with Crippen molar-refractivity contribution in [1.82, 2.24) is 0 Å². The summed E-state index contributed by atoms with van der Waals surface area (Å²) in [6.07, 6.45) is 5.46. The quantitative estimate of drug-likeness (QED) is 0.617. The Morgan fingerprint density at radius 1 is 0.917 bits per heavy atom. The van der Waals surface area contributed by atoms with Crippen molar-refractivity contribution in [1.29, 1.82) is 0 Å². The molecule has 1 nitrogen and oxygen atoms in total. The van der Waals surface area contributed by atoms with E-state index in [1.165, 1.54) is 34.4 Å². The van der Waals surface area contributed by atoms with Gasteiger partial charge in [0.1, 0.15) is 0 Å². The van der Waals surface area contributed by atoms with Crippen molar-refractivity contribution >= 4 is 20.6 Å². The van der Waals surface area contributed by atoms with Gasteiger partial charge in [0, 0.05) is 0 Å². The Morgan fingerprint density at radius 3 is 1.75 bits per heavy atom. The Bertz CT molecular complexity index is 77.9. The van der Waals surface area contributed by atoms with E-state index in [4.69, 9.17) is 3.02 Å². The molecule has 0 fully saturated rings. The zero-order chi connectivity index (χ0) is 9.23. The van der Waals surface area contributed by atoms with E-state index in [9.17, 15) is 0 Å². The van der Waals surface area contributed by atoms with Gasteiger partial charge in [-0.1, -0.05) is 0 Å². The fraction of sp³-hybridized carbons (Fsp3) is 1.00. The van der Waals surface area contributed by atoms with Crippen LogP contribution < -0.4 is 0 Å². The van der Waals surface area contributed by atoms with Gasteiger partial charge in [0.05, 0.1) is 0 Å². The van der Waals surface area contributed by atoms with Crippen molar-refractivity contribution in [2.45, 2.75) is 55.2 Å². The van der Waals surface area contributed by atoms with Gasteiger partial charge in [-0.2, -0.15) is 0 Å². The fourth-order valence-corrected chi connectivity index (χ4v) is 7.33. The van der Waals surface area contributed by atoms with Crippen LogP contribution in [0.2, 0.25) is 8.73 Å². The average molecular weight is 281 g/mol. The minimum absolute atomic E-state index is 0.955. The molecule has 0 aliphatic heterocycles. The molecule has 0 aromatic carbocycles. The second-order valence-electron chi connectivity index (χ2n) is 3.05. The SMILES string of the molecule is CCC[CH2][Sb]([CH2]CCC)[O]CC. The molecule has 12 heavy (non-hydrogen) atoms. The Morgan fingerprint density at radius 2 is 1.42 bits per heavy atom. The second kappa shape index (κ2) is 9.86. The molecule has 0 atom stereocenters. The molecule has 0 saturated heterocycles. The predicted octanol–water partition coefficient (Wildman–Crippen LogP) is 3.61. The van der Waals surface area contributed by atoms with Gasteiger partial charge in [0.25, 0.3) is 0 Å². The van der Waals surface area contributed by atoms with Crippen molar-refractivity contribution < 1.29 is 3.02 Å². The number of unbranched alkanes of at least 4 members (excludes halogenated alkanes) is 2. The molecule has 0 aliphatic carbocycles. The van der Waals surface area contributed by atoms with Gasteiger partial charge in [0.2, 0.25) is 0 Å². The van der Waals surface area contributed by atoms with Crippen LogP contribution >= 0.6 is 0 Å². The van der Waals surface area contributed by atoms with E-state index in [1.807, 2.05) is 0 Å². The van der Waals surface area contributed by atoms with E-state index in [2.05, 4.69) is 20.8 Å². The molecular weight excluding hydrogens is 258 g/mol. The topological polar surface area (TPSA) is 9.23 Å². The zero-order valence-corrected chi connectivity index (χ0v) is 11.4. The first-order valence-corrected chi connectivity index (χ1v) is 9.88. The maximum absolute atomic E-state index is 5.83. The molecule has 0 saturated carbocycles. The summed E-state index contributed by atoms with van der Waals surface area (Å²) in [5.41, 5.74) is 0. The van der Waals surface area contributed by atoms with E-state index < -0.39 is 20.6 Å². The van der Waals surface area contributed by atoms with Crippen molar-refractivity contribution in [3.63, 3.8) is 0 Å². The molecule has 0 aromatic rings. The number of rotatable bonds is 8. The number of hydrogen-bond donors (Lipinski definition) is 0. The molecule has 0 amide bonds. The molecule has 74 valence electrons. The molecule has 0 N–H and O–H groups in total. The first kappa shape index (κ1) is 12.8. The van der Waals surface area contributed by atoms with Crippen LogP contribution in [-0.4, -0.2) is 27.2 Å². The second-order valence-corrected chi connectivity index (χ2v) is 9.09. The van der Waals surface area contributed by atoms with E-state index in [-0.39, 0.29) is 0 Å². The summed E-state index contributed by atoms with van der Waals surface area (Å²) in [4.78, 5) is 0. The molecule has 0 radical (unpaired) electrons. The molecule has 2 heteroatoms. The van der Waals surface area contributed by atoms with Gasteiger partial charge in [-0.15, -0.1) is 0 Å². The normalized spacial score (nSPS) is 11.0. The minimum atomic E-state index is -1.19. The van der Waals surface area contributed by atoms with Crippen molar-refractivity contribution in [3.8, 4) is 0 Å². The summed E-state index contributed by atoms with van der Waals surface area (Å²) in [6, 6.07) is 0. The molecule has 0 heterocycles. The van der Waals surface area contributed by atoms with E-state index in [1.54, 1.807) is 0 Å². The molecule has 0 aromatic heterocycles. The maximum atomic E-state index is 5.83. The van der Waals surface area contributed by atoms with Crippen LogP contribution in [0.5, 0.6) is 0 Å². The van der Waals surface area contributed by atoms with Gasteiger partial charge in [0.15, 0.2) is 0 Å².